The standard InChI is InChI=1S/C13H18N2S/c1-3-4-7-10(14)13-15-12-9(2)6-5-8-11(12)16-13/h5-6,8,10H,3-4,7,14H2,1-2H3. The number of nitrogens with zero attached hydrogens (tertiary/aromatic N) is 1. The number of nitrogens with two attached hydrogens (primary N) is 1. The number of benzene rings is 1. The normalized spacial score (nSPS) is 13.2. The molecule has 0 saturated carbocycles. The zero-order chi connectivity index (χ0) is 11.5. The summed E-state index contributed by atoms with van der Waals surface area (Å²) >= 11 is 1.73. The Bertz CT molecular complexity index is 476. The Morgan fingerprint density at radius 1 is 1.44 bits per heavy atom. The molecule has 1 aromatic carbocycles. The molecule has 16 heavy (non-hydrogen) atoms. The average molecular weight is 234 g/mol. The maximum atomic E-state index is 6.14. The number of unbranched alkanes of at least 4 members (excludes halogenated alkanes) is 1. The Kier molecular flexibility index (Phi) is 3.56. The molecule has 1 atom stereocenters. The van der Waals surface area contributed by atoms with Crippen LogP contribution in [-0.4, -0.2) is 4.98 Å². The third kappa shape index (κ3) is 2.25. The molecule has 0 amide bonds. The summed E-state index contributed by atoms with van der Waals surface area (Å²) in [6.45, 7) is 4.29. The number of fused-ring (bicyclic) bond motifs is 1. The van der Waals surface area contributed by atoms with Crippen LogP contribution in [0.5, 0.6) is 0 Å². The van der Waals surface area contributed by atoms with E-state index in [0.29, 0.717) is 0 Å². The van der Waals surface area contributed by atoms with Crippen LogP contribution in [0.2, 0.25) is 0 Å². The van der Waals surface area contributed by atoms with Crippen LogP contribution in [0.25, 0.3) is 10.2 Å². The fourth-order valence-corrected chi connectivity index (χ4v) is 2.89. The minimum Gasteiger partial charge on any atom is -0.322 e. The Labute approximate surface area is 101 Å². The van der Waals surface area contributed by atoms with Gasteiger partial charge in [-0.1, -0.05) is 31.9 Å². The van der Waals surface area contributed by atoms with Crippen LogP contribution in [0, 0.1) is 6.92 Å². The third-order valence-electron chi connectivity index (χ3n) is 2.82. The van der Waals surface area contributed by atoms with E-state index in [-0.39, 0.29) is 6.04 Å². The van der Waals surface area contributed by atoms with E-state index in [1.165, 1.54) is 23.1 Å². The highest BCUT2D eigenvalue weighted by molar-refractivity contribution is 7.18. The van der Waals surface area contributed by atoms with Crippen molar-refractivity contribution in [3.8, 4) is 0 Å². The van der Waals surface area contributed by atoms with Gasteiger partial charge in [0.25, 0.3) is 0 Å². The second-order valence-corrected chi connectivity index (χ2v) is 5.28. The summed E-state index contributed by atoms with van der Waals surface area (Å²) in [6.07, 6.45) is 3.41. The topological polar surface area (TPSA) is 38.9 Å². The molecule has 2 nitrogen and oxygen atoms in total. The predicted octanol–water partition coefficient (Wildman–Crippen LogP) is 3.79. The molecule has 1 heterocycles. The molecule has 2 aromatic rings. The van der Waals surface area contributed by atoms with Gasteiger partial charge < -0.3 is 5.73 Å². The summed E-state index contributed by atoms with van der Waals surface area (Å²) in [6, 6.07) is 6.41. The van der Waals surface area contributed by atoms with Gasteiger partial charge in [-0.05, 0) is 25.0 Å². The van der Waals surface area contributed by atoms with E-state index < -0.39 is 0 Å². The molecule has 86 valence electrons. The highest BCUT2D eigenvalue weighted by atomic mass is 32.1. The van der Waals surface area contributed by atoms with Crippen molar-refractivity contribution in [3.05, 3.63) is 28.8 Å². The molecule has 1 unspecified atom stereocenters. The summed E-state index contributed by atoms with van der Waals surface area (Å²) in [5, 5.41) is 1.08. The van der Waals surface area contributed by atoms with Gasteiger partial charge in [-0.15, -0.1) is 11.3 Å². The second kappa shape index (κ2) is 4.93. The van der Waals surface area contributed by atoms with Crippen molar-refractivity contribution in [2.24, 2.45) is 5.73 Å². The lowest BCUT2D eigenvalue weighted by atomic mass is 10.1. The largest absolute Gasteiger partial charge is 0.322 e. The van der Waals surface area contributed by atoms with Crippen LogP contribution in [0.1, 0.15) is 42.8 Å². The molecule has 0 aliphatic rings. The molecular formula is C13H18N2S. The van der Waals surface area contributed by atoms with Crippen molar-refractivity contribution in [1.29, 1.82) is 0 Å². The Morgan fingerprint density at radius 3 is 2.94 bits per heavy atom. The lowest BCUT2D eigenvalue weighted by Gasteiger charge is -2.05. The predicted molar refractivity (Wildman–Crippen MR) is 70.8 cm³/mol. The monoisotopic (exact) mass is 234 g/mol. The zero-order valence-electron chi connectivity index (χ0n) is 9.86. The van der Waals surface area contributed by atoms with Gasteiger partial charge in [-0.2, -0.15) is 0 Å². The van der Waals surface area contributed by atoms with E-state index in [4.69, 9.17) is 5.73 Å². The fourth-order valence-electron chi connectivity index (χ4n) is 1.81. The van der Waals surface area contributed by atoms with Crippen LogP contribution in [0.4, 0.5) is 0 Å². The Hall–Kier alpha value is -0.930. The molecule has 0 spiro atoms. The lowest BCUT2D eigenvalue weighted by Crippen LogP contribution is -2.09. The van der Waals surface area contributed by atoms with Crippen molar-refractivity contribution in [2.45, 2.75) is 39.2 Å². The zero-order valence-corrected chi connectivity index (χ0v) is 10.7. The van der Waals surface area contributed by atoms with Crippen LogP contribution in [0.3, 0.4) is 0 Å². The highest BCUT2D eigenvalue weighted by Crippen LogP contribution is 2.29. The number of aromatic nitrogens is 1. The first-order valence-corrected chi connectivity index (χ1v) is 6.65. The van der Waals surface area contributed by atoms with Gasteiger partial charge in [-0.25, -0.2) is 4.98 Å². The summed E-state index contributed by atoms with van der Waals surface area (Å²) in [7, 11) is 0. The van der Waals surface area contributed by atoms with Gasteiger partial charge in [0.2, 0.25) is 0 Å². The molecule has 0 fully saturated rings. The molecule has 0 radical (unpaired) electrons. The van der Waals surface area contributed by atoms with Crippen molar-refractivity contribution < 1.29 is 0 Å². The Balaban J connectivity index is 2.29. The van der Waals surface area contributed by atoms with Crippen LogP contribution < -0.4 is 5.73 Å². The van der Waals surface area contributed by atoms with E-state index in [1.807, 2.05) is 0 Å². The molecule has 2 N–H and O–H groups in total. The van der Waals surface area contributed by atoms with E-state index in [1.54, 1.807) is 11.3 Å². The molecule has 1 aromatic heterocycles. The summed E-state index contributed by atoms with van der Waals surface area (Å²) in [4.78, 5) is 4.66. The minimum absolute atomic E-state index is 0.108. The molecule has 3 heteroatoms. The first-order chi connectivity index (χ1) is 7.72. The Morgan fingerprint density at radius 2 is 2.25 bits per heavy atom. The van der Waals surface area contributed by atoms with E-state index in [2.05, 4.69) is 37.0 Å². The van der Waals surface area contributed by atoms with Gasteiger partial charge in [0.05, 0.1) is 16.3 Å². The van der Waals surface area contributed by atoms with Crippen molar-refractivity contribution in [2.75, 3.05) is 0 Å². The van der Waals surface area contributed by atoms with E-state index in [0.717, 1.165) is 16.9 Å². The number of hydrogen-bond donors (Lipinski definition) is 1. The van der Waals surface area contributed by atoms with Crippen molar-refractivity contribution >= 4 is 21.6 Å². The van der Waals surface area contributed by atoms with Crippen LogP contribution in [0.15, 0.2) is 18.2 Å². The van der Waals surface area contributed by atoms with Gasteiger partial charge in [0.1, 0.15) is 5.01 Å². The van der Waals surface area contributed by atoms with Gasteiger partial charge in [0.15, 0.2) is 0 Å². The molecule has 0 saturated heterocycles. The summed E-state index contributed by atoms with van der Waals surface area (Å²) in [5.74, 6) is 0. The van der Waals surface area contributed by atoms with E-state index in [9.17, 15) is 0 Å². The van der Waals surface area contributed by atoms with Crippen molar-refractivity contribution in [1.82, 2.24) is 4.98 Å². The van der Waals surface area contributed by atoms with Crippen LogP contribution in [-0.2, 0) is 0 Å². The minimum atomic E-state index is 0.108. The fraction of sp³-hybridized carbons (Fsp3) is 0.462. The SMILES string of the molecule is CCCCC(N)c1nc2c(C)cccc2s1. The van der Waals surface area contributed by atoms with Gasteiger partial charge >= 0.3 is 0 Å². The number of thiazole rings is 1. The number of para-hydroxylation sites is 1. The quantitative estimate of drug-likeness (QED) is 0.874. The maximum absolute atomic E-state index is 6.14. The molecule has 0 aliphatic carbocycles. The number of rotatable bonds is 4. The van der Waals surface area contributed by atoms with Gasteiger partial charge in [0, 0.05) is 0 Å². The molecule has 2 rings (SSSR count). The molecule has 0 aliphatic heterocycles. The molecular weight excluding hydrogens is 216 g/mol. The average Bonchev–Trinajstić information content (AvgIpc) is 2.71. The molecule has 0 bridgehead atoms. The smallest absolute Gasteiger partial charge is 0.111 e. The van der Waals surface area contributed by atoms with Crippen LogP contribution >= 0.6 is 11.3 Å². The first kappa shape index (κ1) is 11.6. The van der Waals surface area contributed by atoms with Gasteiger partial charge in [-0.3, -0.25) is 0 Å². The second-order valence-electron chi connectivity index (χ2n) is 4.22. The third-order valence-corrected chi connectivity index (χ3v) is 3.98. The summed E-state index contributed by atoms with van der Waals surface area (Å²) < 4.78 is 1.25. The van der Waals surface area contributed by atoms with Crippen molar-refractivity contribution in [3.63, 3.8) is 0 Å². The highest BCUT2D eigenvalue weighted by Gasteiger charge is 2.12. The first-order valence-electron chi connectivity index (χ1n) is 5.84. The number of hydrogen-bond acceptors (Lipinski definition) is 3. The maximum Gasteiger partial charge on any atom is 0.111 e. The number of aryl methyl sites for hydroxylation is 1. The summed E-state index contributed by atoms with van der Waals surface area (Å²) in [5.41, 5.74) is 8.50. The van der Waals surface area contributed by atoms with E-state index >= 15 is 0 Å². The lowest BCUT2D eigenvalue weighted by molar-refractivity contribution is 0.601.